The second kappa shape index (κ2) is 6.59. The van der Waals surface area contributed by atoms with E-state index in [0.717, 1.165) is 11.3 Å². The number of amides is 1. The molecule has 5 heteroatoms. The van der Waals surface area contributed by atoms with E-state index in [1.165, 1.54) is 4.90 Å². The van der Waals surface area contributed by atoms with Crippen LogP contribution in [0.1, 0.15) is 29.0 Å². The summed E-state index contributed by atoms with van der Waals surface area (Å²) < 4.78 is 0. The molecule has 1 amide bonds. The molecule has 1 heterocycles. The SMILES string of the molecule is CC(Nc1ccnc(C(=O)N(C)C)c1)c1ccc(Cl)cc1. The number of rotatable bonds is 4. The Morgan fingerprint density at radius 3 is 2.52 bits per heavy atom. The Balaban J connectivity index is 2.14. The molecule has 0 saturated carbocycles. The van der Waals surface area contributed by atoms with Gasteiger partial charge in [0.1, 0.15) is 5.69 Å². The molecule has 4 nitrogen and oxygen atoms in total. The minimum atomic E-state index is -0.113. The lowest BCUT2D eigenvalue weighted by Crippen LogP contribution is -2.22. The number of hydrogen-bond acceptors (Lipinski definition) is 3. The molecule has 0 bridgehead atoms. The van der Waals surface area contributed by atoms with Crippen LogP contribution < -0.4 is 5.32 Å². The average molecular weight is 304 g/mol. The van der Waals surface area contributed by atoms with Crippen LogP contribution in [0.25, 0.3) is 0 Å². The molecule has 1 unspecified atom stereocenters. The summed E-state index contributed by atoms with van der Waals surface area (Å²) in [4.78, 5) is 17.5. The van der Waals surface area contributed by atoms with Crippen molar-refractivity contribution >= 4 is 23.2 Å². The zero-order valence-corrected chi connectivity index (χ0v) is 13.1. The number of pyridine rings is 1. The third-order valence-electron chi connectivity index (χ3n) is 3.14. The number of halogens is 1. The third kappa shape index (κ3) is 3.95. The van der Waals surface area contributed by atoms with E-state index in [2.05, 4.69) is 17.2 Å². The van der Waals surface area contributed by atoms with Crippen molar-refractivity contribution < 1.29 is 4.79 Å². The van der Waals surface area contributed by atoms with Crippen molar-refractivity contribution in [2.75, 3.05) is 19.4 Å². The molecule has 0 aliphatic rings. The Hall–Kier alpha value is -2.07. The van der Waals surface area contributed by atoms with Crippen LogP contribution in [0.3, 0.4) is 0 Å². The molecule has 1 atom stereocenters. The number of aromatic nitrogens is 1. The van der Waals surface area contributed by atoms with E-state index in [1.54, 1.807) is 26.4 Å². The van der Waals surface area contributed by atoms with Crippen molar-refractivity contribution in [1.29, 1.82) is 0 Å². The highest BCUT2D eigenvalue weighted by molar-refractivity contribution is 6.30. The van der Waals surface area contributed by atoms with Gasteiger partial charge in [-0.15, -0.1) is 0 Å². The number of anilines is 1. The van der Waals surface area contributed by atoms with E-state index in [1.807, 2.05) is 30.3 Å². The Morgan fingerprint density at radius 2 is 1.90 bits per heavy atom. The predicted octanol–water partition coefficient (Wildman–Crippen LogP) is 3.61. The first-order valence-corrected chi connectivity index (χ1v) is 7.05. The van der Waals surface area contributed by atoms with Gasteiger partial charge in [0, 0.05) is 37.0 Å². The maximum absolute atomic E-state index is 11.9. The van der Waals surface area contributed by atoms with Crippen molar-refractivity contribution in [2.24, 2.45) is 0 Å². The molecule has 2 aromatic rings. The van der Waals surface area contributed by atoms with Gasteiger partial charge in [0.25, 0.3) is 5.91 Å². The molecule has 0 aliphatic heterocycles. The fourth-order valence-corrected chi connectivity index (χ4v) is 2.08. The molecule has 0 fully saturated rings. The van der Waals surface area contributed by atoms with Crippen LogP contribution in [-0.2, 0) is 0 Å². The Bertz CT molecular complexity index is 626. The lowest BCUT2D eigenvalue weighted by atomic mass is 10.1. The normalized spacial score (nSPS) is 11.8. The number of hydrogen-bond donors (Lipinski definition) is 1. The van der Waals surface area contributed by atoms with E-state index < -0.39 is 0 Å². The monoisotopic (exact) mass is 303 g/mol. The van der Waals surface area contributed by atoms with Crippen molar-refractivity contribution in [3.05, 3.63) is 58.9 Å². The highest BCUT2D eigenvalue weighted by Gasteiger charge is 2.11. The lowest BCUT2D eigenvalue weighted by Gasteiger charge is -2.17. The molecule has 2 rings (SSSR count). The van der Waals surface area contributed by atoms with Crippen LogP contribution in [0.4, 0.5) is 5.69 Å². The van der Waals surface area contributed by atoms with Crippen LogP contribution in [0.2, 0.25) is 5.02 Å². The van der Waals surface area contributed by atoms with Gasteiger partial charge in [0.05, 0.1) is 0 Å². The molecular formula is C16H18ClN3O. The smallest absolute Gasteiger partial charge is 0.272 e. The molecule has 0 spiro atoms. The van der Waals surface area contributed by atoms with Gasteiger partial charge in [0.2, 0.25) is 0 Å². The van der Waals surface area contributed by atoms with E-state index in [9.17, 15) is 4.79 Å². The van der Waals surface area contributed by atoms with E-state index in [4.69, 9.17) is 11.6 Å². The average Bonchev–Trinajstić information content (AvgIpc) is 2.47. The fraction of sp³-hybridized carbons (Fsp3) is 0.250. The van der Waals surface area contributed by atoms with Crippen LogP contribution in [0.5, 0.6) is 0 Å². The first-order chi connectivity index (χ1) is 9.97. The lowest BCUT2D eigenvalue weighted by molar-refractivity contribution is 0.0822. The van der Waals surface area contributed by atoms with Crippen LogP contribution in [0, 0.1) is 0 Å². The second-order valence-corrected chi connectivity index (χ2v) is 5.48. The topological polar surface area (TPSA) is 45.2 Å². The van der Waals surface area contributed by atoms with Gasteiger partial charge in [-0.05, 0) is 36.8 Å². The first-order valence-electron chi connectivity index (χ1n) is 6.67. The maximum atomic E-state index is 11.9. The molecule has 21 heavy (non-hydrogen) atoms. The Kier molecular flexibility index (Phi) is 4.81. The van der Waals surface area contributed by atoms with Gasteiger partial charge in [-0.2, -0.15) is 0 Å². The summed E-state index contributed by atoms with van der Waals surface area (Å²) in [5.74, 6) is -0.113. The highest BCUT2D eigenvalue weighted by atomic mass is 35.5. The largest absolute Gasteiger partial charge is 0.378 e. The zero-order chi connectivity index (χ0) is 15.4. The number of carbonyl (C=O) groups is 1. The molecule has 1 aromatic heterocycles. The number of nitrogens with zero attached hydrogens (tertiary/aromatic N) is 2. The second-order valence-electron chi connectivity index (χ2n) is 5.05. The van der Waals surface area contributed by atoms with Crippen molar-refractivity contribution in [2.45, 2.75) is 13.0 Å². The van der Waals surface area contributed by atoms with Crippen molar-refractivity contribution in [3.8, 4) is 0 Å². The van der Waals surface area contributed by atoms with E-state index in [-0.39, 0.29) is 11.9 Å². The van der Waals surface area contributed by atoms with Crippen molar-refractivity contribution in [3.63, 3.8) is 0 Å². The molecule has 110 valence electrons. The number of nitrogens with one attached hydrogen (secondary N) is 1. The Labute approximate surface area is 129 Å². The third-order valence-corrected chi connectivity index (χ3v) is 3.39. The van der Waals surface area contributed by atoms with Gasteiger partial charge in [-0.3, -0.25) is 9.78 Å². The molecule has 0 radical (unpaired) electrons. The molecule has 0 saturated heterocycles. The van der Waals surface area contributed by atoms with Crippen LogP contribution >= 0.6 is 11.6 Å². The van der Waals surface area contributed by atoms with Gasteiger partial charge < -0.3 is 10.2 Å². The van der Waals surface area contributed by atoms with Gasteiger partial charge in [-0.1, -0.05) is 23.7 Å². The number of carbonyl (C=O) groups excluding carboxylic acids is 1. The highest BCUT2D eigenvalue weighted by Crippen LogP contribution is 2.21. The number of benzene rings is 1. The van der Waals surface area contributed by atoms with Gasteiger partial charge >= 0.3 is 0 Å². The minimum absolute atomic E-state index is 0.104. The summed E-state index contributed by atoms with van der Waals surface area (Å²) in [5, 5.41) is 4.07. The molecular weight excluding hydrogens is 286 g/mol. The van der Waals surface area contributed by atoms with Gasteiger partial charge in [-0.25, -0.2) is 0 Å². The molecule has 0 aliphatic carbocycles. The van der Waals surface area contributed by atoms with E-state index in [0.29, 0.717) is 10.7 Å². The van der Waals surface area contributed by atoms with Crippen LogP contribution in [-0.4, -0.2) is 29.9 Å². The predicted molar refractivity (Wildman–Crippen MR) is 85.7 cm³/mol. The zero-order valence-electron chi connectivity index (χ0n) is 12.3. The fourth-order valence-electron chi connectivity index (χ4n) is 1.95. The summed E-state index contributed by atoms with van der Waals surface area (Å²) in [6.45, 7) is 2.05. The maximum Gasteiger partial charge on any atom is 0.272 e. The minimum Gasteiger partial charge on any atom is -0.378 e. The Morgan fingerprint density at radius 1 is 1.24 bits per heavy atom. The molecule has 1 aromatic carbocycles. The first kappa shape index (κ1) is 15.3. The van der Waals surface area contributed by atoms with Crippen LogP contribution in [0.15, 0.2) is 42.6 Å². The summed E-state index contributed by atoms with van der Waals surface area (Å²) in [6.07, 6.45) is 1.63. The summed E-state index contributed by atoms with van der Waals surface area (Å²) in [6, 6.07) is 11.4. The van der Waals surface area contributed by atoms with Gasteiger partial charge in [0.15, 0.2) is 0 Å². The van der Waals surface area contributed by atoms with E-state index >= 15 is 0 Å². The summed E-state index contributed by atoms with van der Waals surface area (Å²) in [7, 11) is 3.42. The standard InChI is InChI=1S/C16H18ClN3O/c1-11(12-4-6-13(17)7-5-12)19-14-8-9-18-15(10-14)16(21)20(2)3/h4-11H,1-3H3,(H,18,19). The summed E-state index contributed by atoms with van der Waals surface area (Å²) >= 11 is 5.89. The van der Waals surface area contributed by atoms with Crippen molar-refractivity contribution in [1.82, 2.24) is 9.88 Å². The molecule has 1 N–H and O–H groups in total. The summed E-state index contributed by atoms with van der Waals surface area (Å²) in [5.41, 5.74) is 2.41. The quantitative estimate of drug-likeness (QED) is 0.938.